The first kappa shape index (κ1) is 16.8. The summed E-state index contributed by atoms with van der Waals surface area (Å²) in [5.41, 5.74) is 1.71. The number of benzene rings is 1. The number of imidazole rings is 1. The van der Waals surface area contributed by atoms with E-state index < -0.39 is 0 Å². The average Bonchev–Trinajstić information content (AvgIpc) is 2.90. The Morgan fingerprint density at radius 3 is 2.95 bits per heavy atom. The zero-order valence-corrected chi connectivity index (χ0v) is 14.5. The number of thioether (sulfide) groups is 1. The molecule has 0 atom stereocenters. The molecule has 6 heteroatoms. The molecule has 0 aliphatic heterocycles. The minimum atomic E-state index is 0.0311. The molecule has 0 bridgehead atoms. The summed E-state index contributed by atoms with van der Waals surface area (Å²) in [5.74, 6) is 2.21. The van der Waals surface area contributed by atoms with Crippen LogP contribution in [0.2, 0.25) is 0 Å². The smallest absolute Gasteiger partial charge is 0.234 e. The van der Waals surface area contributed by atoms with E-state index >= 15 is 0 Å². The minimum absolute atomic E-state index is 0.0311. The Morgan fingerprint density at radius 1 is 1.45 bits per heavy atom. The standard InChI is InChI=1S/C16H21N3OS2/c1-12(2)6-9-22-11-15(20)18-13-4-3-5-14(10-13)19-8-7-17-16(19)21/h3-5,7-8,10,12H,6,9,11H2,1-2H3,(H,17,21)(H,18,20). The number of H-pyrrole nitrogens is 1. The summed E-state index contributed by atoms with van der Waals surface area (Å²) in [6.07, 6.45) is 4.79. The van der Waals surface area contributed by atoms with Gasteiger partial charge in [0.1, 0.15) is 0 Å². The molecule has 0 radical (unpaired) electrons. The molecule has 1 aromatic heterocycles. The van der Waals surface area contributed by atoms with Crippen molar-refractivity contribution in [3.63, 3.8) is 0 Å². The number of carbonyl (C=O) groups is 1. The normalized spacial score (nSPS) is 10.9. The van der Waals surface area contributed by atoms with E-state index in [1.54, 1.807) is 18.0 Å². The summed E-state index contributed by atoms with van der Waals surface area (Å²) in [5, 5.41) is 2.93. The fourth-order valence-corrected chi connectivity index (χ4v) is 3.21. The molecule has 2 N–H and O–H groups in total. The van der Waals surface area contributed by atoms with Crippen LogP contribution in [0.1, 0.15) is 20.3 Å². The SMILES string of the molecule is CC(C)CCSCC(=O)Nc1cccc(-n2cc[nH]c2=S)c1. The van der Waals surface area contributed by atoms with Crippen molar-refractivity contribution in [2.75, 3.05) is 16.8 Å². The van der Waals surface area contributed by atoms with Crippen molar-refractivity contribution in [3.05, 3.63) is 41.4 Å². The maximum Gasteiger partial charge on any atom is 0.234 e. The van der Waals surface area contributed by atoms with Gasteiger partial charge in [0.15, 0.2) is 4.77 Å². The van der Waals surface area contributed by atoms with Crippen LogP contribution in [-0.4, -0.2) is 27.0 Å². The predicted octanol–water partition coefficient (Wildman–Crippen LogP) is 4.25. The third kappa shape index (κ3) is 5.03. The van der Waals surface area contributed by atoms with E-state index in [9.17, 15) is 4.79 Å². The molecule has 1 heterocycles. The summed E-state index contributed by atoms with van der Waals surface area (Å²) >= 11 is 6.88. The van der Waals surface area contributed by atoms with Crippen LogP contribution in [0.15, 0.2) is 36.7 Å². The lowest BCUT2D eigenvalue weighted by Gasteiger charge is -2.08. The summed E-state index contributed by atoms with van der Waals surface area (Å²) in [6.45, 7) is 4.39. The Hall–Kier alpha value is -1.53. The molecule has 22 heavy (non-hydrogen) atoms. The second-order valence-corrected chi connectivity index (χ2v) is 6.96. The van der Waals surface area contributed by atoms with Crippen LogP contribution in [0.25, 0.3) is 5.69 Å². The van der Waals surface area contributed by atoms with Gasteiger partial charge in [-0.2, -0.15) is 11.8 Å². The number of amides is 1. The van der Waals surface area contributed by atoms with E-state index in [-0.39, 0.29) is 5.91 Å². The second kappa shape index (κ2) is 8.19. The lowest BCUT2D eigenvalue weighted by molar-refractivity contribution is -0.113. The zero-order chi connectivity index (χ0) is 15.9. The van der Waals surface area contributed by atoms with Crippen molar-refractivity contribution in [2.45, 2.75) is 20.3 Å². The molecular formula is C16H21N3OS2. The fraction of sp³-hybridized carbons (Fsp3) is 0.375. The number of anilines is 1. The third-order valence-electron chi connectivity index (χ3n) is 3.13. The van der Waals surface area contributed by atoms with Gasteiger partial charge in [-0.05, 0) is 48.5 Å². The van der Waals surface area contributed by atoms with E-state index in [1.807, 2.05) is 35.0 Å². The highest BCUT2D eigenvalue weighted by Crippen LogP contribution is 2.16. The highest BCUT2D eigenvalue weighted by atomic mass is 32.2. The summed E-state index contributed by atoms with van der Waals surface area (Å²) in [6, 6.07) is 7.67. The van der Waals surface area contributed by atoms with Crippen LogP contribution in [0.4, 0.5) is 5.69 Å². The van der Waals surface area contributed by atoms with Crippen LogP contribution in [0.3, 0.4) is 0 Å². The Bertz CT molecular complexity index is 676. The van der Waals surface area contributed by atoms with Gasteiger partial charge in [-0.15, -0.1) is 0 Å². The molecule has 1 aromatic carbocycles. The van der Waals surface area contributed by atoms with Gasteiger partial charge >= 0.3 is 0 Å². The molecule has 0 aliphatic rings. The van der Waals surface area contributed by atoms with Gasteiger partial charge in [-0.25, -0.2) is 0 Å². The molecular weight excluding hydrogens is 314 g/mol. The van der Waals surface area contributed by atoms with Crippen LogP contribution in [-0.2, 0) is 4.79 Å². The molecule has 2 aromatic rings. The van der Waals surface area contributed by atoms with Crippen LogP contribution >= 0.6 is 24.0 Å². The van der Waals surface area contributed by atoms with E-state index in [1.165, 1.54) is 0 Å². The quantitative estimate of drug-likeness (QED) is 0.587. The monoisotopic (exact) mass is 335 g/mol. The number of nitrogens with one attached hydrogen (secondary N) is 2. The Morgan fingerprint density at radius 2 is 2.27 bits per heavy atom. The number of aromatic nitrogens is 2. The van der Waals surface area contributed by atoms with Crippen LogP contribution in [0.5, 0.6) is 0 Å². The number of hydrogen-bond donors (Lipinski definition) is 2. The second-order valence-electron chi connectivity index (χ2n) is 5.47. The summed E-state index contributed by atoms with van der Waals surface area (Å²) in [4.78, 5) is 14.9. The maximum absolute atomic E-state index is 12.0. The lowest BCUT2D eigenvalue weighted by Crippen LogP contribution is -2.14. The topological polar surface area (TPSA) is 49.8 Å². The molecule has 118 valence electrons. The largest absolute Gasteiger partial charge is 0.337 e. The van der Waals surface area contributed by atoms with Gasteiger partial charge in [-0.1, -0.05) is 19.9 Å². The summed E-state index contributed by atoms with van der Waals surface area (Å²) in [7, 11) is 0. The minimum Gasteiger partial charge on any atom is -0.337 e. The van der Waals surface area contributed by atoms with E-state index in [0.717, 1.165) is 23.5 Å². The molecule has 4 nitrogen and oxygen atoms in total. The summed E-state index contributed by atoms with van der Waals surface area (Å²) < 4.78 is 2.50. The van der Waals surface area contributed by atoms with Crippen LogP contribution in [0, 0.1) is 10.7 Å². The van der Waals surface area contributed by atoms with Gasteiger partial charge in [0, 0.05) is 23.8 Å². The first-order chi connectivity index (χ1) is 10.6. The van der Waals surface area contributed by atoms with Crippen LogP contribution < -0.4 is 5.32 Å². The molecule has 0 saturated carbocycles. The molecule has 0 unspecified atom stereocenters. The lowest BCUT2D eigenvalue weighted by atomic mass is 10.2. The van der Waals surface area contributed by atoms with Crippen molar-refractivity contribution in [2.24, 2.45) is 5.92 Å². The van der Waals surface area contributed by atoms with Gasteiger partial charge in [-0.3, -0.25) is 9.36 Å². The molecule has 0 spiro atoms. The van der Waals surface area contributed by atoms with E-state index in [2.05, 4.69) is 24.1 Å². The molecule has 0 saturated heterocycles. The molecule has 2 rings (SSSR count). The first-order valence-corrected chi connectivity index (χ1v) is 8.86. The zero-order valence-electron chi connectivity index (χ0n) is 12.8. The Kier molecular flexibility index (Phi) is 6.27. The molecule has 1 amide bonds. The van der Waals surface area contributed by atoms with Crippen molar-refractivity contribution in [3.8, 4) is 5.69 Å². The van der Waals surface area contributed by atoms with E-state index in [0.29, 0.717) is 16.4 Å². The van der Waals surface area contributed by atoms with E-state index in [4.69, 9.17) is 12.2 Å². The van der Waals surface area contributed by atoms with Gasteiger partial charge in [0.2, 0.25) is 5.91 Å². The highest BCUT2D eigenvalue weighted by molar-refractivity contribution is 7.99. The Balaban J connectivity index is 1.92. The molecule has 0 fully saturated rings. The number of aromatic amines is 1. The highest BCUT2D eigenvalue weighted by Gasteiger charge is 2.05. The first-order valence-electron chi connectivity index (χ1n) is 7.30. The van der Waals surface area contributed by atoms with Crippen molar-refractivity contribution < 1.29 is 4.79 Å². The third-order valence-corrected chi connectivity index (χ3v) is 4.44. The van der Waals surface area contributed by atoms with Crippen molar-refractivity contribution in [1.82, 2.24) is 9.55 Å². The average molecular weight is 335 g/mol. The predicted molar refractivity (Wildman–Crippen MR) is 96.4 cm³/mol. The maximum atomic E-state index is 12.0. The van der Waals surface area contributed by atoms with Gasteiger partial charge in [0.05, 0.1) is 5.75 Å². The number of hydrogen-bond acceptors (Lipinski definition) is 3. The number of carbonyl (C=O) groups excluding carboxylic acids is 1. The van der Waals surface area contributed by atoms with Gasteiger partial charge in [0.25, 0.3) is 0 Å². The number of rotatable bonds is 7. The Labute approximate surface area is 140 Å². The molecule has 0 aliphatic carbocycles. The van der Waals surface area contributed by atoms with Crippen molar-refractivity contribution in [1.29, 1.82) is 0 Å². The van der Waals surface area contributed by atoms with Crippen molar-refractivity contribution >= 4 is 35.6 Å². The fourth-order valence-electron chi connectivity index (χ4n) is 1.94. The van der Waals surface area contributed by atoms with Gasteiger partial charge < -0.3 is 10.3 Å². The number of nitrogens with zero attached hydrogens (tertiary/aromatic N) is 1.